The molecular weight excluding hydrogens is 208 g/mol. The molecule has 0 aliphatic rings. The van der Waals surface area contributed by atoms with Gasteiger partial charge in [-0.25, -0.2) is 4.98 Å². The van der Waals surface area contributed by atoms with Gasteiger partial charge in [0.25, 0.3) is 0 Å². The molecule has 0 aromatic carbocycles. The van der Waals surface area contributed by atoms with Gasteiger partial charge in [0.15, 0.2) is 0 Å². The molecule has 0 N–H and O–H groups in total. The normalized spacial score (nSPS) is 12.5. The molecule has 0 aliphatic carbocycles. The van der Waals surface area contributed by atoms with Crippen LogP contribution in [0.3, 0.4) is 0 Å². The summed E-state index contributed by atoms with van der Waals surface area (Å²) >= 11 is 5.79. The molecule has 0 bridgehead atoms. The molecule has 0 radical (unpaired) electrons. The lowest BCUT2D eigenvalue weighted by Gasteiger charge is -2.21. The molecule has 0 saturated carbocycles. The lowest BCUT2D eigenvalue weighted by molar-refractivity contribution is 0.557. The highest BCUT2D eigenvalue weighted by Crippen LogP contribution is 2.14. The Morgan fingerprint density at radius 1 is 1.53 bits per heavy atom. The summed E-state index contributed by atoms with van der Waals surface area (Å²) in [6.45, 7) is 5.50. The Balaban J connectivity index is 2.68. The fourth-order valence-electron chi connectivity index (χ4n) is 1.44. The minimum absolute atomic E-state index is 0.548. The van der Waals surface area contributed by atoms with Gasteiger partial charge in [0.1, 0.15) is 5.82 Å². The van der Waals surface area contributed by atoms with Gasteiger partial charge in [0.05, 0.1) is 0 Å². The maximum atomic E-state index is 5.79. The van der Waals surface area contributed by atoms with Crippen molar-refractivity contribution in [3.05, 3.63) is 23.9 Å². The predicted molar refractivity (Wildman–Crippen MR) is 66.5 cm³/mol. The van der Waals surface area contributed by atoms with E-state index in [2.05, 4.69) is 36.8 Å². The quantitative estimate of drug-likeness (QED) is 0.717. The van der Waals surface area contributed by atoms with Crippen LogP contribution in [0.25, 0.3) is 0 Å². The second kappa shape index (κ2) is 5.96. The van der Waals surface area contributed by atoms with Gasteiger partial charge >= 0.3 is 0 Å². The Morgan fingerprint density at radius 3 is 2.87 bits per heavy atom. The number of aromatic nitrogens is 1. The van der Waals surface area contributed by atoms with E-state index in [1.54, 1.807) is 0 Å². The highest BCUT2D eigenvalue weighted by Gasteiger charge is 2.06. The molecule has 0 saturated heterocycles. The summed E-state index contributed by atoms with van der Waals surface area (Å²) in [4.78, 5) is 6.53. The summed E-state index contributed by atoms with van der Waals surface area (Å²) in [7, 11) is 2.08. The molecule has 1 unspecified atom stereocenters. The lowest BCUT2D eigenvalue weighted by atomic mass is 10.1. The number of nitrogens with zero attached hydrogens (tertiary/aromatic N) is 2. The first-order valence-electron chi connectivity index (χ1n) is 5.39. The molecule has 1 heterocycles. The first kappa shape index (κ1) is 12.3. The van der Waals surface area contributed by atoms with Gasteiger partial charge in [-0.05, 0) is 23.6 Å². The molecular formula is C12H19ClN2. The van der Waals surface area contributed by atoms with Crippen molar-refractivity contribution in [1.29, 1.82) is 0 Å². The first-order chi connectivity index (χ1) is 7.17. The van der Waals surface area contributed by atoms with Crippen LogP contribution in [-0.2, 0) is 5.88 Å². The average Bonchev–Trinajstić information content (AvgIpc) is 2.28. The molecule has 1 rings (SSSR count). The zero-order valence-electron chi connectivity index (χ0n) is 9.70. The van der Waals surface area contributed by atoms with Crippen molar-refractivity contribution < 1.29 is 0 Å². The molecule has 15 heavy (non-hydrogen) atoms. The molecule has 1 aromatic rings. The van der Waals surface area contributed by atoms with Gasteiger partial charge < -0.3 is 4.90 Å². The molecule has 1 atom stereocenters. The van der Waals surface area contributed by atoms with Crippen molar-refractivity contribution in [2.24, 2.45) is 5.92 Å². The van der Waals surface area contributed by atoms with Crippen LogP contribution < -0.4 is 4.90 Å². The summed E-state index contributed by atoms with van der Waals surface area (Å²) in [5.41, 5.74) is 1.12. The summed E-state index contributed by atoms with van der Waals surface area (Å²) in [6, 6.07) is 4.00. The Labute approximate surface area is 97.3 Å². The standard InChI is InChI=1S/C12H19ClN2/c1-4-10(2)9-15(3)12-7-11(8-13)5-6-14-12/h5-7,10H,4,8-9H2,1-3H3. The van der Waals surface area contributed by atoms with E-state index in [-0.39, 0.29) is 0 Å². The molecule has 3 heteroatoms. The van der Waals surface area contributed by atoms with Crippen molar-refractivity contribution in [2.75, 3.05) is 18.5 Å². The molecule has 0 aliphatic heterocycles. The highest BCUT2D eigenvalue weighted by molar-refractivity contribution is 6.17. The first-order valence-corrected chi connectivity index (χ1v) is 5.92. The number of halogens is 1. The van der Waals surface area contributed by atoms with E-state index >= 15 is 0 Å². The lowest BCUT2D eigenvalue weighted by Crippen LogP contribution is -2.24. The maximum Gasteiger partial charge on any atom is 0.128 e. The van der Waals surface area contributed by atoms with Crippen LogP contribution in [0.1, 0.15) is 25.8 Å². The monoisotopic (exact) mass is 226 g/mol. The van der Waals surface area contributed by atoms with E-state index < -0.39 is 0 Å². The fourth-order valence-corrected chi connectivity index (χ4v) is 1.61. The molecule has 0 amide bonds. The second-order valence-corrected chi connectivity index (χ2v) is 4.32. The molecule has 2 nitrogen and oxygen atoms in total. The van der Waals surface area contributed by atoms with Crippen molar-refractivity contribution in [1.82, 2.24) is 4.98 Å². The van der Waals surface area contributed by atoms with Crippen molar-refractivity contribution in [3.63, 3.8) is 0 Å². The number of hydrogen-bond donors (Lipinski definition) is 0. The van der Waals surface area contributed by atoms with Crippen molar-refractivity contribution in [2.45, 2.75) is 26.1 Å². The van der Waals surface area contributed by atoms with E-state index in [1.807, 2.05) is 12.3 Å². The summed E-state index contributed by atoms with van der Waals surface area (Å²) < 4.78 is 0. The van der Waals surface area contributed by atoms with Crippen LogP contribution in [-0.4, -0.2) is 18.6 Å². The fraction of sp³-hybridized carbons (Fsp3) is 0.583. The maximum absolute atomic E-state index is 5.79. The number of anilines is 1. The van der Waals surface area contributed by atoms with Gasteiger partial charge in [-0.1, -0.05) is 20.3 Å². The zero-order chi connectivity index (χ0) is 11.3. The minimum Gasteiger partial charge on any atom is -0.359 e. The van der Waals surface area contributed by atoms with Crippen LogP contribution in [0.4, 0.5) is 5.82 Å². The summed E-state index contributed by atoms with van der Waals surface area (Å²) in [5.74, 6) is 2.25. The largest absolute Gasteiger partial charge is 0.359 e. The van der Waals surface area contributed by atoms with E-state index in [9.17, 15) is 0 Å². The number of hydrogen-bond acceptors (Lipinski definition) is 2. The van der Waals surface area contributed by atoms with Crippen molar-refractivity contribution in [3.8, 4) is 0 Å². The minimum atomic E-state index is 0.548. The third kappa shape index (κ3) is 3.71. The van der Waals surface area contributed by atoms with E-state index in [4.69, 9.17) is 11.6 Å². The number of rotatable bonds is 5. The molecule has 0 fully saturated rings. The second-order valence-electron chi connectivity index (χ2n) is 4.05. The third-order valence-corrected chi connectivity index (χ3v) is 2.95. The van der Waals surface area contributed by atoms with Crippen LogP contribution in [0.5, 0.6) is 0 Å². The predicted octanol–water partition coefficient (Wildman–Crippen LogP) is 3.30. The molecule has 1 aromatic heterocycles. The Bertz CT molecular complexity index is 301. The van der Waals surface area contributed by atoms with Gasteiger partial charge in [-0.15, -0.1) is 11.6 Å². The summed E-state index contributed by atoms with van der Waals surface area (Å²) in [6.07, 6.45) is 3.01. The molecule has 84 valence electrons. The van der Waals surface area contributed by atoms with Crippen LogP contribution in [0.15, 0.2) is 18.3 Å². The Hall–Kier alpha value is -0.760. The van der Waals surface area contributed by atoms with Crippen LogP contribution in [0, 0.1) is 5.92 Å². The summed E-state index contributed by atoms with van der Waals surface area (Å²) in [5, 5.41) is 0. The highest BCUT2D eigenvalue weighted by atomic mass is 35.5. The van der Waals surface area contributed by atoms with Crippen LogP contribution >= 0.6 is 11.6 Å². The van der Waals surface area contributed by atoms with Gasteiger partial charge in [0.2, 0.25) is 0 Å². The molecule has 0 spiro atoms. The van der Waals surface area contributed by atoms with Gasteiger partial charge in [0, 0.05) is 25.7 Å². The van der Waals surface area contributed by atoms with Gasteiger partial charge in [-0.2, -0.15) is 0 Å². The average molecular weight is 227 g/mol. The Kier molecular flexibility index (Phi) is 4.89. The third-order valence-electron chi connectivity index (χ3n) is 2.64. The van der Waals surface area contributed by atoms with Crippen LogP contribution in [0.2, 0.25) is 0 Å². The Morgan fingerprint density at radius 2 is 2.27 bits per heavy atom. The number of pyridine rings is 1. The van der Waals surface area contributed by atoms with Crippen molar-refractivity contribution >= 4 is 17.4 Å². The zero-order valence-corrected chi connectivity index (χ0v) is 10.5. The van der Waals surface area contributed by atoms with E-state index in [0.717, 1.165) is 17.9 Å². The van der Waals surface area contributed by atoms with Gasteiger partial charge in [-0.3, -0.25) is 0 Å². The van der Waals surface area contributed by atoms with E-state index in [1.165, 1.54) is 6.42 Å². The number of alkyl halides is 1. The smallest absolute Gasteiger partial charge is 0.128 e. The topological polar surface area (TPSA) is 16.1 Å². The SMILES string of the molecule is CCC(C)CN(C)c1cc(CCl)ccn1. The van der Waals surface area contributed by atoms with E-state index in [0.29, 0.717) is 11.8 Å².